The minimum atomic E-state index is -0.548. The lowest BCUT2D eigenvalue weighted by atomic mass is 9.68. The van der Waals surface area contributed by atoms with Gasteiger partial charge in [0.25, 0.3) is 0 Å². The summed E-state index contributed by atoms with van der Waals surface area (Å²) < 4.78 is 0. The molecule has 0 aromatic rings. The Morgan fingerprint density at radius 3 is 2.06 bits per heavy atom. The van der Waals surface area contributed by atoms with Crippen LogP contribution >= 0.6 is 12.2 Å². The quantitative estimate of drug-likeness (QED) is 0.729. The van der Waals surface area contributed by atoms with Gasteiger partial charge in [-0.25, -0.2) is 0 Å². The van der Waals surface area contributed by atoms with Crippen LogP contribution in [0.15, 0.2) is 0 Å². The largest absolute Gasteiger partial charge is 0.392 e. The van der Waals surface area contributed by atoms with Gasteiger partial charge in [-0.1, -0.05) is 46.3 Å². The lowest BCUT2D eigenvalue weighted by Crippen LogP contribution is -2.54. The normalized spacial score (nSPS) is 17.9. The third-order valence-corrected chi connectivity index (χ3v) is 4.72. The summed E-state index contributed by atoms with van der Waals surface area (Å²) in [6.45, 7) is 9.51. The molecule has 4 heteroatoms. The average Bonchev–Trinajstić information content (AvgIpc) is 2.13. The number of carbonyl (C=O) groups excluding carboxylic acids is 1. The molecule has 1 saturated carbocycles. The molecule has 0 heterocycles. The number of thiocarbonyl (C=S) groups is 1. The number of hydrogen-bond acceptors (Lipinski definition) is 2. The van der Waals surface area contributed by atoms with Crippen molar-refractivity contribution in [2.75, 3.05) is 6.54 Å². The predicted molar refractivity (Wildman–Crippen MR) is 79.2 cm³/mol. The van der Waals surface area contributed by atoms with E-state index in [2.05, 4.69) is 33.0 Å². The second kappa shape index (κ2) is 6.00. The Labute approximate surface area is 116 Å². The average molecular weight is 270 g/mol. The smallest absolute Gasteiger partial charge is 0.233 e. The van der Waals surface area contributed by atoms with E-state index in [1.165, 1.54) is 0 Å². The highest BCUT2D eigenvalue weighted by Gasteiger charge is 2.46. The van der Waals surface area contributed by atoms with Crippen molar-refractivity contribution in [1.82, 2.24) is 5.32 Å². The molecule has 3 N–H and O–H groups in total. The van der Waals surface area contributed by atoms with Crippen LogP contribution in [0.4, 0.5) is 0 Å². The van der Waals surface area contributed by atoms with Crippen molar-refractivity contribution in [3.05, 3.63) is 0 Å². The van der Waals surface area contributed by atoms with Gasteiger partial charge >= 0.3 is 0 Å². The molecule has 0 saturated heterocycles. The van der Waals surface area contributed by atoms with E-state index >= 15 is 0 Å². The van der Waals surface area contributed by atoms with Crippen molar-refractivity contribution in [1.29, 1.82) is 0 Å². The van der Waals surface area contributed by atoms with Gasteiger partial charge in [0.05, 0.1) is 10.4 Å². The monoisotopic (exact) mass is 270 g/mol. The maximum absolute atomic E-state index is 12.3. The molecule has 1 rings (SSSR count). The molecule has 1 aliphatic rings. The summed E-state index contributed by atoms with van der Waals surface area (Å²) in [5.74, 6) is 1.66. The Hall–Kier alpha value is -0.640. The maximum Gasteiger partial charge on any atom is 0.233 e. The summed E-state index contributed by atoms with van der Waals surface area (Å²) in [5.41, 5.74) is 5.18. The molecule has 1 fully saturated rings. The molecule has 1 aliphatic carbocycles. The van der Waals surface area contributed by atoms with Crippen molar-refractivity contribution in [3.8, 4) is 0 Å². The first kappa shape index (κ1) is 15.4. The molecule has 0 aromatic heterocycles. The molecule has 1 amide bonds. The summed E-state index contributed by atoms with van der Waals surface area (Å²) in [6.07, 6.45) is 2.66. The van der Waals surface area contributed by atoms with Crippen molar-refractivity contribution in [2.45, 2.75) is 47.0 Å². The van der Waals surface area contributed by atoms with Gasteiger partial charge in [-0.3, -0.25) is 4.79 Å². The molecule has 0 spiro atoms. The fourth-order valence-electron chi connectivity index (χ4n) is 2.74. The fraction of sp³-hybridized carbons (Fsp3) is 0.857. The van der Waals surface area contributed by atoms with E-state index < -0.39 is 5.41 Å². The zero-order valence-electron chi connectivity index (χ0n) is 12.0. The van der Waals surface area contributed by atoms with Crippen LogP contribution in [0.1, 0.15) is 47.0 Å². The van der Waals surface area contributed by atoms with E-state index in [1.807, 2.05) is 0 Å². The van der Waals surface area contributed by atoms with E-state index in [0.717, 1.165) is 25.8 Å². The molecular formula is C14H26N2OS. The van der Waals surface area contributed by atoms with Crippen LogP contribution in [-0.4, -0.2) is 17.4 Å². The summed E-state index contributed by atoms with van der Waals surface area (Å²) in [6, 6.07) is 0. The van der Waals surface area contributed by atoms with Crippen molar-refractivity contribution >= 4 is 23.1 Å². The van der Waals surface area contributed by atoms with E-state index in [0.29, 0.717) is 22.7 Å². The van der Waals surface area contributed by atoms with Gasteiger partial charge in [0.2, 0.25) is 5.91 Å². The number of rotatable bonds is 6. The zero-order chi connectivity index (χ0) is 13.9. The standard InChI is InChI=1S/C14H26N2OS/c1-9(2)11(10(3)4)8-16-13(17)14(12(15)18)6-5-7-14/h9-11H,5-8H2,1-4H3,(H2,15,18)(H,16,17). The van der Waals surface area contributed by atoms with Crippen LogP contribution in [0.3, 0.4) is 0 Å². The van der Waals surface area contributed by atoms with Gasteiger partial charge in [0, 0.05) is 6.54 Å². The molecule has 3 nitrogen and oxygen atoms in total. The van der Waals surface area contributed by atoms with Gasteiger partial charge in [0.15, 0.2) is 0 Å². The van der Waals surface area contributed by atoms with Crippen LogP contribution < -0.4 is 11.1 Å². The first-order valence-corrected chi connectivity index (χ1v) is 7.30. The molecule has 18 heavy (non-hydrogen) atoms. The number of carbonyl (C=O) groups is 1. The molecule has 0 unspecified atom stereocenters. The van der Waals surface area contributed by atoms with Crippen LogP contribution in [0.2, 0.25) is 0 Å². The Kier molecular flexibility index (Phi) is 5.14. The fourth-order valence-corrected chi connectivity index (χ4v) is 3.03. The molecule has 0 atom stereocenters. The van der Waals surface area contributed by atoms with Crippen LogP contribution in [0, 0.1) is 23.2 Å². The first-order valence-electron chi connectivity index (χ1n) is 6.89. The Bertz CT molecular complexity index is 314. The number of hydrogen-bond donors (Lipinski definition) is 2. The van der Waals surface area contributed by atoms with Crippen LogP contribution in [-0.2, 0) is 4.79 Å². The summed E-state index contributed by atoms with van der Waals surface area (Å²) in [5, 5.41) is 3.06. The highest BCUT2D eigenvalue weighted by molar-refractivity contribution is 7.80. The number of nitrogens with two attached hydrogens (primary N) is 1. The van der Waals surface area contributed by atoms with E-state index in [9.17, 15) is 4.79 Å². The predicted octanol–water partition coefficient (Wildman–Crippen LogP) is 2.49. The Balaban J connectivity index is 2.57. The number of nitrogens with one attached hydrogen (secondary N) is 1. The SMILES string of the molecule is CC(C)C(CNC(=O)C1(C(N)=S)CCC1)C(C)C. The van der Waals surface area contributed by atoms with Crippen LogP contribution in [0.5, 0.6) is 0 Å². The van der Waals surface area contributed by atoms with E-state index in [4.69, 9.17) is 18.0 Å². The van der Waals surface area contributed by atoms with Gasteiger partial charge < -0.3 is 11.1 Å². The maximum atomic E-state index is 12.3. The zero-order valence-corrected chi connectivity index (χ0v) is 12.8. The highest BCUT2D eigenvalue weighted by Crippen LogP contribution is 2.41. The molecule has 0 bridgehead atoms. The van der Waals surface area contributed by atoms with Gasteiger partial charge in [-0.15, -0.1) is 0 Å². The van der Waals surface area contributed by atoms with Crippen LogP contribution in [0.25, 0.3) is 0 Å². The van der Waals surface area contributed by atoms with Crippen molar-refractivity contribution in [2.24, 2.45) is 28.9 Å². The Morgan fingerprint density at radius 1 is 1.28 bits per heavy atom. The van der Waals surface area contributed by atoms with E-state index in [-0.39, 0.29) is 5.91 Å². The topological polar surface area (TPSA) is 55.1 Å². The first-order chi connectivity index (χ1) is 8.31. The Morgan fingerprint density at radius 2 is 1.78 bits per heavy atom. The molecule has 0 aromatic carbocycles. The minimum Gasteiger partial charge on any atom is -0.392 e. The van der Waals surface area contributed by atoms with E-state index in [1.54, 1.807) is 0 Å². The summed E-state index contributed by atoms with van der Waals surface area (Å²) in [4.78, 5) is 12.6. The summed E-state index contributed by atoms with van der Waals surface area (Å²) in [7, 11) is 0. The molecule has 0 radical (unpaired) electrons. The summed E-state index contributed by atoms with van der Waals surface area (Å²) >= 11 is 5.06. The minimum absolute atomic E-state index is 0.0348. The van der Waals surface area contributed by atoms with Gasteiger partial charge in [-0.2, -0.15) is 0 Å². The lowest BCUT2D eigenvalue weighted by molar-refractivity contribution is -0.131. The van der Waals surface area contributed by atoms with Crippen molar-refractivity contribution in [3.63, 3.8) is 0 Å². The highest BCUT2D eigenvalue weighted by atomic mass is 32.1. The third kappa shape index (κ3) is 3.02. The second-order valence-corrected chi connectivity index (χ2v) is 6.60. The van der Waals surface area contributed by atoms with Gasteiger partial charge in [-0.05, 0) is 30.6 Å². The molecular weight excluding hydrogens is 244 g/mol. The molecule has 104 valence electrons. The third-order valence-electron chi connectivity index (χ3n) is 4.32. The van der Waals surface area contributed by atoms with Gasteiger partial charge in [0.1, 0.15) is 0 Å². The molecule has 0 aliphatic heterocycles. The second-order valence-electron chi connectivity index (χ2n) is 6.16. The number of amides is 1. The lowest BCUT2D eigenvalue weighted by Gasteiger charge is -2.39. The van der Waals surface area contributed by atoms with Crippen molar-refractivity contribution < 1.29 is 4.79 Å².